The number of anilines is 1. The van der Waals surface area contributed by atoms with Gasteiger partial charge in [0.15, 0.2) is 0 Å². The Morgan fingerprint density at radius 3 is 3.06 bits per heavy atom. The maximum Gasteiger partial charge on any atom is 0.0368 e. The van der Waals surface area contributed by atoms with E-state index in [9.17, 15) is 0 Å². The summed E-state index contributed by atoms with van der Waals surface area (Å²) in [6.07, 6.45) is 1.24. The molecule has 2 nitrogen and oxygen atoms in total. The highest BCUT2D eigenvalue weighted by Crippen LogP contribution is 2.18. The summed E-state index contributed by atoms with van der Waals surface area (Å²) in [4.78, 5) is 2.53. The fraction of sp³-hybridized carbons (Fsp3) is 0.571. The minimum Gasteiger partial charge on any atom is -0.371 e. The molecular formula is C14H22N2. The van der Waals surface area contributed by atoms with Crippen molar-refractivity contribution in [2.24, 2.45) is 5.92 Å². The van der Waals surface area contributed by atoms with Crippen molar-refractivity contribution >= 4 is 5.69 Å². The van der Waals surface area contributed by atoms with Gasteiger partial charge >= 0.3 is 0 Å². The van der Waals surface area contributed by atoms with Crippen molar-refractivity contribution in [3.05, 3.63) is 29.8 Å². The standard InChI is InChI=1S/C14H22N2/c1-12-5-3-6-14(9-12)16-8-4-7-15-10-13(2)11-16/h3,5-6,9,13,15H,4,7-8,10-11H2,1-2H3. The highest BCUT2D eigenvalue weighted by atomic mass is 15.1. The lowest BCUT2D eigenvalue weighted by Crippen LogP contribution is -2.38. The first-order valence-corrected chi connectivity index (χ1v) is 6.28. The van der Waals surface area contributed by atoms with Crippen molar-refractivity contribution in [2.75, 3.05) is 31.1 Å². The van der Waals surface area contributed by atoms with Gasteiger partial charge in [-0.05, 0) is 50.0 Å². The molecule has 2 rings (SSSR count). The predicted octanol–water partition coefficient (Wildman–Crippen LogP) is 2.43. The highest BCUT2D eigenvalue weighted by molar-refractivity contribution is 5.48. The van der Waals surface area contributed by atoms with Crippen LogP contribution in [0.5, 0.6) is 0 Å². The monoisotopic (exact) mass is 218 g/mol. The van der Waals surface area contributed by atoms with Gasteiger partial charge in [-0.1, -0.05) is 19.1 Å². The Kier molecular flexibility index (Phi) is 3.83. The fourth-order valence-electron chi connectivity index (χ4n) is 2.33. The lowest BCUT2D eigenvalue weighted by molar-refractivity contribution is 0.468. The van der Waals surface area contributed by atoms with Gasteiger partial charge in [0.1, 0.15) is 0 Å². The summed E-state index contributed by atoms with van der Waals surface area (Å²) < 4.78 is 0. The fourth-order valence-corrected chi connectivity index (χ4v) is 2.33. The number of nitrogens with zero attached hydrogens (tertiary/aromatic N) is 1. The Hall–Kier alpha value is -1.02. The van der Waals surface area contributed by atoms with Crippen LogP contribution in [-0.2, 0) is 0 Å². The first kappa shape index (κ1) is 11.5. The molecule has 1 heterocycles. The molecule has 0 amide bonds. The summed E-state index contributed by atoms with van der Waals surface area (Å²) in [6.45, 7) is 9.10. The molecule has 16 heavy (non-hydrogen) atoms. The summed E-state index contributed by atoms with van der Waals surface area (Å²) in [5, 5.41) is 3.49. The zero-order valence-electron chi connectivity index (χ0n) is 10.4. The van der Waals surface area contributed by atoms with Crippen molar-refractivity contribution < 1.29 is 0 Å². The molecule has 1 atom stereocenters. The highest BCUT2D eigenvalue weighted by Gasteiger charge is 2.13. The third kappa shape index (κ3) is 2.99. The molecule has 1 N–H and O–H groups in total. The van der Waals surface area contributed by atoms with E-state index in [2.05, 4.69) is 48.3 Å². The molecule has 1 aromatic rings. The molecule has 0 bridgehead atoms. The number of benzene rings is 1. The summed E-state index contributed by atoms with van der Waals surface area (Å²) in [5.41, 5.74) is 2.74. The van der Waals surface area contributed by atoms with Crippen LogP contribution in [0.1, 0.15) is 18.9 Å². The molecule has 1 fully saturated rings. The van der Waals surface area contributed by atoms with Crippen LogP contribution in [0.25, 0.3) is 0 Å². The van der Waals surface area contributed by atoms with Gasteiger partial charge in [0.25, 0.3) is 0 Å². The van der Waals surface area contributed by atoms with E-state index in [1.54, 1.807) is 0 Å². The molecule has 2 heteroatoms. The van der Waals surface area contributed by atoms with Gasteiger partial charge in [-0.15, -0.1) is 0 Å². The second-order valence-electron chi connectivity index (χ2n) is 4.95. The van der Waals surface area contributed by atoms with Crippen LogP contribution in [0.3, 0.4) is 0 Å². The van der Waals surface area contributed by atoms with Crippen molar-refractivity contribution in [1.29, 1.82) is 0 Å². The van der Waals surface area contributed by atoms with Crippen LogP contribution in [0.15, 0.2) is 24.3 Å². The summed E-state index contributed by atoms with van der Waals surface area (Å²) >= 11 is 0. The molecule has 1 aromatic carbocycles. The van der Waals surface area contributed by atoms with Crippen LogP contribution in [0.2, 0.25) is 0 Å². The van der Waals surface area contributed by atoms with Crippen LogP contribution in [0, 0.1) is 12.8 Å². The summed E-state index contributed by atoms with van der Waals surface area (Å²) in [5.74, 6) is 0.723. The lowest BCUT2D eigenvalue weighted by atomic mass is 10.1. The SMILES string of the molecule is Cc1cccc(N2CCCNCC(C)C2)c1. The smallest absolute Gasteiger partial charge is 0.0368 e. The minimum atomic E-state index is 0.723. The van der Waals surface area contributed by atoms with Gasteiger partial charge in [0.2, 0.25) is 0 Å². The molecule has 0 aromatic heterocycles. The van der Waals surface area contributed by atoms with Crippen molar-refractivity contribution in [2.45, 2.75) is 20.3 Å². The molecule has 0 radical (unpaired) electrons. The number of hydrogen-bond acceptors (Lipinski definition) is 2. The van der Waals surface area contributed by atoms with Gasteiger partial charge in [-0.3, -0.25) is 0 Å². The first-order chi connectivity index (χ1) is 7.75. The molecule has 88 valence electrons. The first-order valence-electron chi connectivity index (χ1n) is 6.28. The minimum absolute atomic E-state index is 0.723. The average molecular weight is 218 g/mol. The Labute approximate surface area is 98.7 Å². The normalized spacial score (nSPS) is 22.6. The van der Waals surface area contributed by atoms with E-state index < -0.39 is 0 Å². The Morgan fingerprint density at radius 1 is 1.38 bits per heavy atom. The van der Waals surface area contributed by atoms with Crippen molar-refractivity contribution in [1.82, 2.24) is 5.32 Å². The molecule has 1 aliphatic heterocycles. The van der Waals surface area contributed by atoms with Gasteiger partial charge in [-0.25, -0.2) is 0 Å². The topological polar surface area (TPSA) is 15.3 Å². The third-order valence-corrected chi connectivity index (χ3v) is 3.17. The maximum atomic E-state index is 3.49. The largest absolute Gasteiger partial charge is 0.371 e. The van der Waals surface area contributed by atoms with Gasteiger partial charge < -0.3 is 10.2 Å². The lowest BCUT2D eigenvalue weighted by Gasteiger charge is -2.30. The van der Waals surface area contributed by atoms with Gasteiger partial charge in [-0.2, -0.15) is 0 Å². The van der Waals surface area contributed by atoms with E-state index >= 15 is 0 Å². The molecule has 1 aliphatic rings. The molecule has 1 unspecified atom stereocenters. The second-order valence-corrected chi connectivity index (χ2v) is 4.95. The van der Waals surface area contributed by atoms with Crippen molar-refractivity contribution in [3.63, 3.8) is 0 Å². The van der Waals surface area contributed by atoms with E-state index in [-0.39, 0.29) is 0 Å². The zero-order valence-corrected chi connectivity index (χ0v) is 10.4. The van der Waals surface area contributed by atoms with E-state index in [0.29, 0.717) is 0 Å². The van der Waals surface area contributed by atoms with Gasteiger partial charge in [0, 0.05) is 18.8 Å². The average Bonchev–Trinajstić information content (AvgIpc) is 2.23. The third-order valence-electron chi connectivity index (χ3n) is 3.17. The van der Waals surface area contributed by atoms with Crippen LogP contribution in [-0.4, -0.2) is 26.2 Å². The number of nitrogens with one attached hydrogen (secondary N) is 1. The molecule has 0 spiro atoms. The zero-order chi connectivity index (χ0) is 11.4. The van der Waals surface area contributed by atoms with Crippen LogP contribution in [0.4, 0.5) is 5.69 Å². The van der Waals surface area contributed by atoms with Crippen molar-refractivity contribution in [3.8, 4) is 0 Å². The summed E-state index contributed by atoms with van der Waals surface area (Å²) in [7, 11) is 0. The molecule has 0 saturated carbocycles. The quantitative estimate of drug-likeness (QED) is 0.779. The number of aryl methyl sites for hydroxylation is 1. The Balaban J connectivity index is 2.11. The summed E-state index contributed by atoms with van der Waals surface area (Å²) in [6, 6.07) is 8.85. The molecule has 0 aliphatic carbocycles. The van der Waals surface area contributed by atoms with E-state index in [4.69, 9.17) is 0 Å². The molecular weight excluding hydrogens is 196 g/mol. The molecule has 1 saturated heterocycles. The van der Waals surface area contributed by atoms with Gasteiger partial charge in [0.05, 0.1) is 0 Å². The van der Waals surface area contributed by atoms with Crippen LogP contribution >= 0.6 is 0 Å². The second kappa shape index (κ2) is 5.35. The number of hydrogen-bond donors (Lipinski definition) is 1. The Morgan fingerprint density at radius 2 is 2.25 bits per heavy atom. The maximum absolute atomic E-state index is 3.49. The van der Waals surface area contributed by atoms with Crippen LogP contribution < -0.4 is 10.2 Å². The van der Waals surface area contributed by atoms with E-state index in [1.807, 2.05) is 0 Å². The number of rotatable bonds is 1. The Bertz CT molecular complexity index is 335. The van der Waals surface area contributed by atoms with E-state index in [1.165, 1.54) is 24.2 Å². The predicted molar refractivity (Wildman–Crippen MR) is 70.0 cm³/mol. The van der Waals surface area contributed by atoms with E-state index in [0.717, 1.165) is 25.6 Å².